The van der Waals surface area contributed by atoms with Gasteiger partial charge in [0.1, 0.15) is 5.82 Å². The van der Waals surface area contributed by atoms with Crippen molar-refractivity contribution in [3.05, 3.63) is 72.1 Å². The number of aryl methyl sites for hydroxylation is 1. The van der Waals surface area contributed by atoms with Gasteiger partial charge in [0.05, 0.1) is 29.4 Å². The highest BCUT2D eigenvalue weighted by atomic mass is 19.4. The number of aliphatic hydroxyl groups is 1. The molecule has 11 nitrogen and oxygen atoms in total. The van der Waals surface area contributed by atoms with Gasteiger partial charge in [-0.15, -0.1) is 0 Å². The Morgan fingerprint density at radius 2 is 1.51 bits per heavy atom. The van der Waals surface area contributed by atoms with Gasteiger partial charge in [0.2, 0.25) is 0 Å². The Bertz CT molecular complexity index is 1680. The van der Waals surface area contributed by atoms with Crippen molar-refractivity contribution < 1.29 is 48.0 Å². The van der Waals surface area contributed by atoms with Gasteiger partial charge >= 0.3 is 24.1 Å². The molecule has 1 aromatic heterocycles. The minimum atomic E-state index is -4.31. The number of carboxylic acid groups (broad SMARTS) is 3. The lowest BCUT2D eigenvalue weighted by molar-refractivity contribution is -0.170. The lowest BCUT2D eigenvalue weighted by Gasteiger charge is -2.36. The first kappa shape index (κ1) is 33.2. The predicted molar refractivity (Wildman–Crippen MR) is 159 cm³/mol. The Morgan fingerprint density at radius 1 is 0.867 bits per heavy atom. The summed E-state index contributed by atoms with van der Waals surface area (Å²) in [6.45, 7) is 3.96. The summed E-state index contributed by atoms with van der Waals surface area (Å²) in [7, 11) is 2.07. The minimum absolute atomic E-state index is 0.591. The fourth-order valence-electron chi connectivity index (χ4n) is 5.33. The molecule has 45 heavy (non-hydrogen) atoms. The average Bonchev–Trinajstić information content (AvgIpc) is 3.31. The molecular formula is C31H33F3N4O7. The fraction of sp³-hybridized carbons (Fsp3) is 0.355. The van der Waals surface area contributed by atoms with Crippen LogP contribution in [0.15, 0.2) is 60.7 Å². The summed E-state index contributed by atoms with van der Waals surface area (Å²) in [6.07, 6.45) is -5.76. The molecule has 1 aliphatic rings. The molecule has 1 fully saturated rings. The summed E-state index contributed by atoms with van der Waals surface area (Å²) in [6, 6.07) is 18.2. The maximum Gasteiger partial charge on any atom is 0.416 e. The normalized spacial score (nSPS) is 14.3. The van der Waals surface area contributed by atoms with Crippen molar-refractivity contribution in [2.24, 2.45) is 7.05 Å². The number of aromatic nitrogens is 2. The topological polar surface area (TPSA) is 156 Å². The molecule has 0 atom stereocenters. The number of nitrogens with zero attached hydrogens (tertiary/aromatic N) is 4. The van der Waals surface area contributed by atoms with Crippen LogP contribution in [0.2, 0.25) is 0 Å². The van der Waals surface area contributed by atoms with Crippen molar-refractivity contribution in [2.45, 2.75) is 31.0 Å². The first-order valence-corrected chi connectivity index (χ1v) is 14.0. The summed E-state index contributed by atoms with van der Waals surface area (Å²) >= 11 is 0. The number of fused-ring (bicyclic) bond motifs is 3. The van der Waals surface area contributed by atoms with E-state index in [2.05, 4.69) is 46.8 Å². The third-order valence-corrected chi connectivity index (χ3v) is 7.70. The van der Waals surface area contributed by atoms with E-state index in [1.165, 1.54) is 22.9 Å². The lowest BCUT2D eigenvalue weighted by Crippen LogP contribution is -2.47. The second-order valence-corrected chi connectivity index (χ2v) is 10.8. The number of rotatable bonds is 9. The largest absolute Gasteiger partial charge is 0.481 e. The molecule has 0 spiro atoms. The van der Waals surface area contributed by atoms with Gasteiger partial charge in [-0.25, -0.2) is 9.78 Å². The molecule has 1 saturated heterocycles. The highest BCUT2D eigenvalue weighted by molar-refractivity contribution is 6.04. The number of benzene rings is 3. The van der Waals surface area contributed by atoms with E-state index >= 15 is 0 Å². The zero-order valence-corrected chi connectivity index (χ0v) is 24.4. The molecule has 0 aliphatic carbocycles. The van der Waals surface area contributed by atoms with E-state index in [1.807, 2.05) is 11.0 Å². The molecule has 1 aliphatic heterocycles. The highest BCUT2D eigenvalue weighted by Crippen LogP contribution is 2.32. The van der Waals surface area contributed by atoms with E-state index in [0.29, 0.717) is 18.8 Å². The zero-order valence-electron chi connectivity index (χ0n) is 24.4. The SMILES string of the molecule is Cn1c(CCN2CCN(c3cccc(C(F)(F)F)c3)CC2)nc2ccc3ccccc3c21.O=C(O)CC(O)(CC(=O)O)C(=O)O. The molecule has 5 rings (SSSR count). The fourth-order valence-corrected chi connectivity index (χ4v) is 5.33. The number of halogens is 3. The molecule has 0 unspecified atom stereocenters. The van der Waals surface area contributed by atoms with Crippen LogP contribution in [0.25, 0.3) is 21.8 Å². The van der Waals surface area contributed by atoms with Gasteiger partial charge in [0, 0.05) is 57.3 Å². The van der Waals surface area contributed by atoms with Gasteiger partial charge < -0.3 is 29.9 Å². The van der Waals surface area contributed by atoms with Crippen LogP contribution in [0.3, 0.4) is 0 Å². The summed E-state index contributed by atoms with van der Waals surface area (Å²) in [5.41, 5.74) is -0.519. The number of anilines is 1. The third kappa shape index (κ3) is 8.08. The van der Waals surface area contributed by atoms with Crippen molar-refractivity contribution in [3.63, 3.8) is 0 Å². The Balaban J connectivity index is 0.000000302. The van der Waals surface area contributed by atoms with Crippen LogP contribution in [0.5, 0.6) is 0 Å². The van der Waals surface area contributed by atoms with Crippen LogP contribution < -0.4 is 4.90 Å². The summed E-state index contributed by atoms with van der Waals surface area (Å²) < 4.78 is 41.3. The summed E-state index contributed by atoms with van der Waals surface area (Å²) in [5.74, 6) is -3.97. The predicted octanol–water partition coefficient (Wildman–Crippen LogP) is 3.86. The van der Waals surface area contributed by atoms with E-state index in [9.17, 15) is 27.6 Å². The first-order chi connectivity index (χ1) is 21.2. The summed E-state index contributed by atoms with van der Waals surface area (Å²) in [5, 5.41) is 36.2. The van der Waals surface area contributed by atoms with Gasteiger partial charge in [0.25, 0.3) is 0 Å². The monoisotopic (exact) mass is 630 g/mol. The molecule has 0 amide bonds. The van der Waals surface area contributed by atoms with Gasteiger partial charge in [-0.2, -0.15) is 13.2 Å². The number of hydrogen-bond donors (Lipinski definition) is 4. The molecule has 3 aromatic carbocycles. The number of carboxylic acids is 3. The quantitative estimate of drug-likeness (QED) is 0.214. The summed E-state index contributed by atoms with van der Waals surface area (Å²) in [4.78, 5) is 39.7. The van der Waals surface area contributed by atoms with Crippen LogP contribution >= 0.6 is 0 Å². The minimum Gasteiger partial charge on any atom is -0.481 e. The van der Waals surface area contributed by atoms with Crippen molar-refractivity contribution >= 4 is 45.4 Å². The molecule has 14 heteroatoms. The number of carbonyl (C=O) groups is 3. The van der Waals surface area contributed by atoms with Crippen molar-refractivity contribution in [1.82, 2.24) is 14.5 Å². The highest BCUT2D eigenvalue weighted by Gasteiger charge is 2.40. The second-order valence-electron chi connectivity index (χ2n) is 10.8. The Kier molecular flexibility index (Phi) is 9.98. The van der Waals surface area contributed by atoms with Crippen molar-refractivity contribution in [1.29, 1.82) is 0 Å². The molecule has 240 valence electrons. The number of aliphatic carboxylic acids is 3. The maximum atomic E-state index is 13.0. The Labute approximate surface area is 255 Å². The number of alkyl halides is 3. The van der Waals surface area contributed by atoms with Gasteiger partial charge in [0.15, 0.2) is 5.60 Å². The number of piperazine rings is 1. The van der Waals surface area contributed by atoms with E-state index in [1.54, 1.807) is 6.07 Å². The molecule has 0 saturated carbocycles. The van der Waals surface area contributed by atoms with Crippen LogP contribution in [0.1, 0.15) is 24.2 Å². The lowest BCUT2D eigenvalue weighted by atomic mass is 9.96. The van der Waals surface area contributed by atoms with E-state index < -0.39 is 48.1 Å². The molecule has 0 radical (unpaired) electrons. The molecule has 0 bridgehead atoms. The van der Waals surface area contributed by atoms with Gasteiger partial charge in [-0.3, -0.25) is 14.5 Å². The number of hydrogen-bond acceptors (Lipinski definition) is 7. The molecule has 4 N–H and O–H groups in total. The maximum absolute atomic E-state index is 13.0. The Morgan fingerprint density at radius 3 is 2.11 bits per heavy atom. The van der Waals surface area contributed by atoms with E-state index in [-0.39, 0.29) is 0 Å². The number of imidazole rings is 1. The third-order valence-electron chi connectivity index (χ3n) is 7.70. The first-order valence-electron chi connectivity index (χ1n) is 14.0. The van der Waals surface area contributed by atoms with Crippen molar-refractivity contribution in [3.8, 4) is 0 Å². The zero-order chi connectivity index (χ0) is 32.9. The van der Waals surface area contributed by atoms with E-state index in [0.717, 1.165) is 49.0 Å². The van der Waals surface area contributed by atoms with Crippen molar-refractivity contribution in [2.75, 3.05) is 37.6 Å². The van der Waals surface area contributed by atoms with E-state index in [4.69, 9.17) is 25.4 Å². The molecule has 2 heterocycles. The van der Waals surface area contributed by atoms with Gasteiger partial charge in [-0.1, -0.05) is 36.4 Å². The molecule has 4 aromatic rings. The van der Waals surface area contributed by atoms with Crippen LogP contribution in [0, 0.1) is 0 Å². The smallest absolute Gasteiger partial charge is 0.416 e. The Hall–Kier alpha value is -4.69. The van der Waals surface area contributed by atoms with Crippen LogP contribution in [-0.4, -0.2) is 91.1 Å². The average molecular weight is 631 g/mol. The van der Waals surface area contributed by atoms with Crippen LogP contribution in [-0.2, 0) is 34.0 Å². The van der Waals surface area contributed by atoms with Crippen LogP contribution in [0.4, 0.5) is 18.9 Å². The van der Waals surface area contributed by atoms with Gasteiger partial charge in [-0.05, 0) is 29.7 Å². The standard InChI is InChI=1S/C25H25F3N4.C6H8O7/c1-30-23(29-22-10-9-18-5-2-3-8-21(18)24(22)30)11-12-31-13-15-32(16-14-31)20-7-4-6-19(17-20)25(26,27)28;7-3(8)1-6(13,5(11)12)2-4(9)10/h2-10,17H,11-16H2,1H3;13H,1-2H2,(H,7,8)(H,9,10)(H,11,12). The molecular weight excluding hydrogens is 597 g/mol. The second kappa shape index (κ2) is 13.5.